The molecule has 2 aromatic heterocycles. The van der Waals surface area contributed by atoms with Crippen LogP contribution in [0.3, 0.4) is 0 Å². The Balaban J connectivity index is 0.00000873. The molecule has 11 rings (SSSR count). The molecular weight excluding hydrogens is 976 g/mol. The summed E-state index contributed by atoms with van der Waals surface area (Å²) >= 11 is 0. The number of nitrogens with zero attached hydrogens (tertiary/aromatic N) is 4. The van der Waals surface area contributed by atoms with Crippen molar-refractivity contribution in [2.45, 2.75) is 33.0 Å². The van der Waals surface area contributed by atoms with E-state index in [4.69, 9.17) is 26.7 Å². The summed E-state index contributed by atoms with van der Waals surface area (Å²) in [6.45, 7) is 4.43. The molecule has 0 saturated carbocycles. The van der Waals surface area contributed by atoms with Crippen molar-refractivity contribution in [1.29, 1.82) is 0 Å². The second kappa shape index (κ2) is 17.1. The van der Waals surface area contributed by atoms with E-state index in [1.165, 1.54) is 11.6 Å². The van der Waals surface area contributed by atoms with Crippen LogP contribution in [0.5, 0.6) is 11.5 Å². The predicted molar refractivity (Wildman–Crippen MR) is 264 cm³/mol. The molecule has 1 aliphatic rings. The molecule has 1 aliphatic heterocycles. The zero-order valence-corrected chi connectivity index (χ0v) is 36.7. The van der Waals surface area contributed by atoms with Crippen LogP contribution in [-0.4, -0.2) is 9.55 Å². The molecular formula is C59H45N4OPt-3. The Morgan fingerprint density at radius 1 is 0.631 bits per heavy atom. The summed E-state index contributed by atoms with van der Waals surface area (Å²) in [5.74, 6) is -2.17. The summed E-state index contributed by atoms with van der Waals surface area (Å²) in [4.78, 5) is 7.22. The van der Waals surface area contributed by atoms with Crippen LogP contribution in [0.25, 0.3) is 61.0 Å². The van der Waals surface area contributed by atoms with Gasteiger partial charge < -0.3 is 19.1 Å². The first-order chi connectivity index (χ1) is 41.2. The summed E-state index contributed by atoms with van der Waals surface area (Å²) in [7, 11) is 0. The molecule has 0 unspecified atom stereocenters. The van der Waals surface area contributed by atoms with Gasteiger partial charge in [0.1, 0.15) is 5.82 Å². The number of aromatic nitrogens is 2. The maximum absolute atomic E-state index is 9.63. The summed E-state index contributed by atoms with van der Waals surface area (Å²) in [6, 6.07) is 10.1. The Morgan fingerprint density at radius 3 is 2.12 bits per heavy atom. The van der Waals surface area contributed by atoms with Crippen molar-refractivity contribution in [1.82, 2.24) is 9.55 Å². The largest absolute Gasteiger partial charge is 0.509 e. The Kier molecular flexibility index (Phi) is 5.94. The van der Waals surface area contributed by atoms with Gasteiger partial charge >= 0.3 is 0 Å². The number of ether oxygens (including phenoxy) is 1. The van der Waals surface area contributed by atoms with Crippen molar-refractivity contribution in [2.24, 2.45) is 0 Å². The molecule has 8 aromatic carbocycles. The fraction of sp³-hybridized carbons (Fsp3) is 0.0847. The smallest absolute Gasteiger partial charge is 0.135 e. The average molecular weight is 1050 g/mol. The molecule has 0 bridgehead atoms. The maximum Gasteiger partial charge on any atom is 0.135 e. The Hall–Kier alpha value is -7.20. The summed E-state index contributed by atoms with van der Waals surface area (Å²) in [6.07, 6.45) is -0.979. The first-order valence-corrected chi connectivity index (χ1v) is 19.8. The predicted octanol–water partition coefficient (Wildman–Crippen LogP) is 15.6. The molecule has 65 heavy (non-hydrogen) atoms. The SMILES string of the molecule is [2H]c1nc(-n2c3[c-]c(Oc4[c-]c(N5[CH-]N(c6c(-c7cccc(C(C)(C)C)c7)cccc6-c6c([2H])c([2H])c([2H])c([2H])c6[2H])c6ccccc65)c([2H])c([2H])c4[2H])c([2H])c([2H])c3c3c([2H])c(-c4c([2H])c([2H])c([2H])c([2H])c4[2H])c([2H])c([2H])c32)c([2H])c(C([2H])([2H])[2H])c1[2H].[Pt]. The second-order valence-corrected chi connectivity index (χ2v) is 15.6. The number of anilines is 4. The van der Waals surface area contributed by atoms with E-state index in [0.29, 0.717) is 28.2 Å². The van der Waals surface area contributed by atoms with Crippen molar-refractivity contribution >= 4 is 44.6 Å². The summed E-state index contributed by atoms with van der Waals surface area (Å²) in [5.41, 5.74) is -0.539. The zero-order chi connectivity index (χ0) is 64.1. The molecule has 3 heterocycles. The zero-order valence-electron chi connectivity index (χ0n) is 58.4. The van der Waals surface area contributed by atoms with Gasteiger partial charge in [-0.1, -0.05) is 153 Å². The molecule has 5 nitrogen and oxygen atoms in total. The molecule has 0 atom stereocenters. The first kappa shape index (κ1) is 22.6. The van der Waals surface area contributed by atoms with Gasteiger partial charge in [-0.25, -0.2) is 4.98 Å². The van der Waals surface area contributed by atoms with Gasteiger partial charge in [0.25, 0.3) is 0 Å². The molecule has 6 heteroatoms. The van der Waals surface area contributed by atoms with Gasteiger partial charge in [-0.15, -0.1) is 48.0 Å². The number of hydrogen-bond acceptors (Lipinski definition) is 4. The van der Waals surface area contributed by atoms with Gasteiger partial charge in [0, 0.05) is 79.3 Å². The third kappa shape index (κ3) is 7.81. The Morgan fingerprint density at radius 2 is 1.35 bits per heavy atom. The van der Waals surface area contributed by atoms with E-state index in [2.05, 4.69) is 17.1 Å². The van der Waals surface area contributed by atoms with Crippen LogP contribution in [0.15, 0.2) is 194 Å². The van der Waals surface area contributed by atoms with Crippen LogP contribution in [0.4, 0.5) is 22.7 Å². The minimum absolute atomic E-state index is 0. The van der Waals surface area contributed by atoms with Crippen LogP contribution >= 0.6 is 0 Å². The molecule has 10 aromatic rings. The third-order valence-electron chi connectivity index (χ3n) is 10.6. The van der Waals surface area contributed by atoms with Crippen LogP contribution < -0.4 is 14.5 Å². The fourth-order valence-electron chi connectivity index (χ4n) is 7.60. The monoisotopic (exact) mass is 1040 g/mol. The second-order valence-electron chi connectivity index (χ2n) is 15.6. The standard InChI is InChI=1S/C59H45N4O.Pt/c1-40-32-33-60-57(34-40)63-53-31-28-43(41-16-7-5-8-17-41)36-52(53)51-30-29-48(38-56(51)63)64-47-23-14-22-46(37-47)61-39-62(55-27-12-11-26-54(55)61)58-49(42-18-9-6-10-19-42)24-15-25-50(58)44-20-13-21-45(35-44)59(2,3)4;/h5-36,39H,1-4H3;/q-3;/i1D3,5D,6D,7D,8D,9D,10D,14D,16D,17D,18D,19D,22D,23D,28D,29D,30D,31D,32D,33D,34D,36D;. The van der Waals surface area contributed by atoms with E-state index in [9.17, 15) is 11.0 Å². The van der Waals surface area contributed by atoms with Gasteiger partial charge in [0.2, 0.25) is 0 Å². The topological polar surface area (TPSA) is 33.5 Å². The molecule has 0 amide bonds. The quantitative estimate of drug-likeness (QED) is 0.142. The molecule has 0 fully saturated rings. The van der Waals surface area contributed by atoms with E-state index in [1.54, 1.807) is 41.3 Å². The van der Waals surface area contributed by atoms with Crippen molar-refractivity contribution in [3.63, 3.8) is 0 Å². The van der Waals surface area contributed by atoms with Gasteiger partial charge in [0.05, 0.1) is 21.9 Å². The van der Waals surface area contributed by atoms with Crippen molar-refractivity contribution in [2.75, 3.05) is 9.80 Å². The van der Waals surface area contributed by atoms with Crippen LogP contribution in [-0.2, 0) is 26.5 Å². The number of benzene rings is 8. The minimum Gasteiger partial charge on any atom is -0.509 e. The minimum atomic E-state index is -3.24. The number of pyridine rings is 1. The fourth-order valence-corrected chi connectivity index (χ4v) is 7.60. The van der Waals surface area contributed by atoms with E-state index in [-0.39, 0.29) is 43.3 Å². The summed E-state index contributed by atoms with van der Waals surface area (Å²) < 4.78 is 220. The number of rotatable bonds is 8. The van der Waals surface area contributed by atoms with Gasteiger partial charge in [0.15, 0.2) is 0 Å². The third-order valence-corrected chi connectivity index (χ3v) is 10.6. The van der Waals surface area contributed by atoms with E-state index in [1.807, 2.05) is 51.1 Å². The number of fused-ring (bicyclic) bond motifs is 4. The van der Waals surface area contributed by atoms with Crippen LogP contribution in [0.1, 0.15) is 64.8 Å². The van der Waals surface area contributed by atoms with E-state index < -0.39 is 190 Å². The van der Waals surface area contributed by atoms with Crippen molar-refractivity contribution in [3.05, 3.63) is 224 Å². The Bertz CT molecular complexity index is 4660. The van der Waals surface area contributed by atoms with Gasteiger partial charge in [-0.3, -0.25) is 0 Å². The summed E-state index contributed by atoms with van der Waals surface area (Å²) in [5, 5.41) is -0.988. The van der Waals surface area contributed by atoms with Crippen molar-refractivity contribution < 1.29 is 58.7 Å². The van der Waals surface area contributed by atoms with E-state index in [0.717, 1.165) is 10.1 Å². The molecule has 0 N–H and O–H groups in total. The average Bonchev–Trinajstić information content (AvgIpc) is 1.71. The molecule has 0 saturated heterocycles. The van der Waals surface area contributed by atoms with Crippen molar-refractivity contribution in [3.8, 4) is 50.7 Å². The van der Waals surface area contributed by atoms with E-state index >= 15 is 0 Å². The molecule has 0 radical (unpaired) electrons. The van der Waals surface area contributed by atoms with Crippen LogP contribution in [0.2, 0.25) is 0 Å². The first-order valence-electron chi connectivity index (χ1n) is 31.8. The van der Waals surface area contributed by atoms with Gasteiger partial charge in [-0.2, -0.15) is 12.1 Å². The van der Waals surface area contributed by atoms with Gasteiger partial charge in [-0.05, 0) is 85.4 Å². The Labute approximate surface area is 429 Å². The number of para-hydroxylation sites is 3. The number of hydrogen-bond donors (Lipinski definition) is 0. The molecule has 0 aliphatic carbocycles. The maximum atomic E-state index is 9.63. The molecule has 320 valence electrons. The van der Waals surface area contributed by atoms with Crippen LogP contribution in [0, 0.1) is 25.7 Å². The molecule has 0 spiro atoms. The normalized spacial score (nSPS) is 17.8.